The zero-order chi connectivity index (χ0) is 12.4. The molecule has 0 spiro atoms. The quantitative estimate of drug-likeness (QED) is 0.865. The molecule has 0 aliphatic heterocycles. The van der Waals surface area contributed by atoms with E-state index in [1.807, 2.05) is 0 Å². The van der Waals surface area contributed by atoms with E-state index >= 15 is 0 Å². The molecule has 0 radical (unpaired) electrons. The van der Waals surface area contributed by atoms with Crippen molar-refractivity contribution in [3.8, 4) is 0 Å². The van der Waals surface area contributed by atoms with E-state index in [0.29, 0.717) is 12.8 Å². The Morgan fingerprint density at radius 1 is 1.53 bits per heavy atom. The standard InChI is InChI=1S/C12H13ClFNO2/c13-10-2-1-3-11(14)9(10)6-12(17)15-7-4-8(16)5-7/h1-3,7-8,16H,4-6H2,(H,15,17). The van der Waals surface area contributed by atoms with Crippen molar-refractivity contribution in [1.82, 2.24) is 5.32 Å². The third kappa shape index (κ3) is 2.96. The monoisotopic (exact) mass is 257 g/mol. The molecular weight excluding hydrogens is 245 g/mol. The lowest BCUT2D eigenvalue weighted by atomic mass is 9.89. The number of nitrogens with one attached hydrogen (secondary N) is 1. The lowest BCUT2D eigenvalue weighted by Crippen LogP contribution is -2.47. The van der Waals surface area contributed by atoms with E-state index < -0.39 is 5.82 Å². The van der Waals surface area contributed by atoms with E-state index in [-0.39, 0.29) is 35.1 Å². The first-order valence-corrected chi connectivity index (χ1v) is 5.84. The van der Waals surface area contributed by atoms with Gasteiger partial charge in [-0.1, -0.05) is 17.7 Å². The van der Waals surface area contributed by atoms with Gasteiger partial charge in [-0.3, -0.25) is 4.79 Å². The Morgan fingerprint density at radius 3 is 2.82 bits per heavy atom. The number of aliphatic hydroxyl groups excluding tert-OH is 1. The number of hydrogen-bond donors (Lipinski definition) is 2. The van der Waals surface area contributed by atoms with Crippen molar-refractivity contribution in [1.29, 1.82) is 0 Å². The topological polar surface area (TPSA) is 49.3 Å². The molecule has 1 saturated carbocycles. The molecular formula is C12H13ClFNO2. The lowest BCUT2D eigenvalue weighted by molar-refractivity contribution is -0.122. The Bertz CT molecular complexity index is 412. The van der Waals surface area contributed by atoms with E-state index in [9.17, 15) is 9.18 Å². The summed E-state index contributed by atoms with van der Waals surface area (Å²) in [5.74, 6) is -0.741. The summed E-state index contributed by atoms with van der Waals surface area (Å²) in [6, 6.07) is 4.34. The molecule has 0 heterocycles. The fourth-order valence-electron chi connectivity index (χ4n) is 1.85. The predicted octanol–water partition coefficient (Wildman–Crippen LogP) is 1.66. The molecule has 3 nitrogen and oxygen atoms in total. The third-order valence-electron chi connectivity index (χ3n) is 2.88. The minimum atomic E-state index is -0.471. The predicted molar refractivity (Wildman–Crippen MR) is 62.3 cm³/mol. The molecule has 0 bridgehead atoms. The van der Waals surface area contributed by atoms with Gasteiger partial charge in [0.2, 0.25) is 5.91 Å². The van der Waals surface area contributed by atoms with Crippen molar-refractivity contribution in [3.05, 3.63) is 34.6 Å². The van der Waals surface area contributed by atoms with Crippen LogP contribution in [-0.2, 0) is 11.2 Å². The van der Waals surface area contributed by atoms with Crippen LogP contribution in [0.25, 0.3) is 0 Å². The fraction of sp³-hybridized carbons (Fsp3) is 0.417. The Hall–Kier alpha value is -1.13. The molecule has 2 N–H and O–H groups in total. The highest BCUT2D eigenvalue weighted by molar-refractivity contribution is 6.31. The minimum Gasteiger partial charge on any atom is -0.393 e. The minimum absolute atomic E-state index is 0.00282. The van der Waals surface area contributed by atoms with Crippen LogP contribution in [0.4, 0.5) is 4.39 Å². The zero-order valence-electron chi connectivity index (χ0n) is 9.12. The van der Waals surface area contributed by atoms with E-state index in [4.69, 9.17) is 16.7 Å². The average molecular weight is 258 g/mol. The van der Waals surface area contributed by atoms with E-state index in [0.717, 1.165) is 0 Å². The number of amides is 1. The Labute approximate surface area is 104 Å². The third-order valence-corrected chi connectivity index (χ3v) is 3.23. The summed E-state index contributed by atoms with van der Waals surface area (Å²) in [7, 11) is 0. The van der Waals surface area contributed by atoms with Gasteiger partial charge in [-0.15, -0.1) is 0 Å². The number of hydrogen-bond acceptors (Lipinski definition) is 2. The summed E-state index contributed by atoms with van der Waals surface area (Å²) in [5, 5.41) is 12.1. The first-order valence-electron chi connectivity index (χ1n) is 5.46. The summed E-state index contributed by atoms with van der Waals surface area (Å²) in [6.07, 6.45) is 0.739. The van der Waals surface area contributed by atoms with Crippen LogP contribution < -0.4 is 5.32 Å². The van der Waals surface area contributed by atoms with Gasteiger partial charge in [0, 0.05) is 16.6 Å². The zero-order valence-corrected chi connectivity index (χ0v) is 9.88. The number of aliphatic hydroxyl groups is 1. The summed E-state index contributed by atoms with van der Waals surface area (Å²) >= 11 is 5.82. The molecule has 1 aliphatic rings. The van der Waals surface area contributed by atoms with Crippen molar-refractivity contribution in [2.75, 3.05) is 0 Å². The van der Waals surface area contributed by atoms with Gasteiger partial charge in [0.25, 0.3) is 0 Å². The van der Waals surface area contributed by atoms with Crippen molar-refractivity contribution >= 4 is 17.5 Å². The van der Waals surface area contributed by atoms with Crippen molar-refractivity contribution in [2.45, 2.75) is 31.4 Å². The van der Waals surface area contributed by atoms with Gasteiger partial charge in [-0.05, 0) is 25.0 Å². The molecule has 1 aromatic rings. The van der Waals surface area contributed by atoms with Crippen LogP contribution in [0.3, 0.4) is 0 Å². The summed E-state index contributed by atoms with van der Waals surface area (Å²) < 4.78 is 13.4. The Kier molecular flexibility index (Phi) is 3.64. The van der Waals surface area contributed by atoms with E-state index in [2.05, 4.69) is 5.32 Å². The first kappa shape index (κ1) is 12.3. The number of carbonyl (C=O) groups excluding carboxylic acids is 1. The normalized spacial score (nSPS) is 23.0. The molecule has 0 saturated heterocycles. The van der Waals surface area contributed by atoms with Gasteiger partial charge >= 0.3 is 0 Å². The highest BCUT2D eigenvalue weighted by Crippen LogP contribution is 2.21. The Morgan fingerprint density at radius 2 is 2.24 bits per heavy atom. The SMILES string of the molecule is O=C(Cc1c(F)cccc1Cl)NC1CC(O)C1. The summed E-state index contributed by atoms with van der Waals surface area (Å²) in [6.45, 7) is 0. The molecule has 1 aliphatic carbocycles. The molecule has 0 aromatic heterocycles. The van der Waals surface area contributed by atoms with Crippen molar-refractivity contribution < 1.29 is 14.3 Å². The van der Waals surface area contributed by atoms with Gasteiger partial charge in [0.1, 0.15) is 5.82 Å². The smallest absolute Gasteiger partial charge is 0.224 e. The van der Waals surface area contributed by atoms with Crippen LogP contribution in [0.2, 0.25) is 5.02 Å². The number of rotatable bonds is 3. The van der Waals surface area contributed by atoms with Gasteiger partial charge in [-0.2, -0.15) is 0 Å². The summed E-state index contributed by atoms with van der Waals surface area (Å²) in [4.78, 5) is 11.6. The molecule has 1 fully saturated rings. The average Bonchev–Trinajstić information content (AvgIpc) is 2.21. The second-order valence-corrected chi connectivity index (χ2v) is 4.67. The summed E-state index contributed by atoms with van der Waals surface area (Å²) in [5.41, 5.74) is 0.214. The number of carbonyl (C=O) groups is 1. The van der Waals surface area contributed by atoms with Crippen molar-refractivity contribution in [2.24, 2.45) is 0 Å². The highest BCUT2D eigenvalue weighted by atomic mass is 35.5. The molecule has 1 aromatic carbocycles. The number of halogens is 2. The highest BCUT2D eigenvalue weighted by Gasteiger charge is 2.28. The molecule has 1 amide bonds. The lowest BCUT2D eigenvalue weighted by Gasteiger charge is -2.32. The maximum atomic E-state index is 13.4. The van der Waals surface area contributed by atoms with Gasteiger partial charge in [0.15, 0.2) is 0 Å². The Balaban J connectivity index is 1.94. The molecule has 5 heteroatoms. The van der Waals surface area contributed by atoms with Crippen LogP contribution in [-0.4, -0.2) is 23.2 Å². The second-order valence-electron chi connectivity index (χ2n) is 4.27. The molecule has 0 unspecified atom stereocenters. The van der Waals surface area contributed by atoms with Crippen LogP contribution in [0.1, 0.15) is 18.4 Å². The molecule has 92 valence electrons. The largest absolute Gasteiger partial charge is 0.393 e. The fourth-order valence-corrected chi connectivity index (χ4v) is 2.08. The second kappa shape index (κ2) is 5.02. The van der Waals surface area contributed by atoms with Gasteiger partial charge in [-0.25, -0.2) is 4.39 Å². The first-order chi connectivity index (χ1) is 8.06. The van der Waals surface area contributed by atoms with Crippen LogP contribution in [0.5, 0.6) is 0 Å². The number of benzene rings is 1. The van der Waals surface area contributed by atoms with Crippen molar-refractivity contribution in [3.63, 3.8) is 0 Å². The van der Waals surface area contributed by atoms with Crippen LogP contribution in [0, 0.1) is 5.82 Å². The maximum Gasteiger partial charge on any atom is 0.224 e. The van der Waals surface area contributed by atoms with E-state index in [1.54, 1.807) is 6.07 Å². The molecule has 17 heavy (non-hydrogen) atoms. The van der Waals surface area contributed by atoms with Gasteiger partial charge in [0.05, 0.1) is 12.5 Å². The molecule has 2 rings (SSSR count). The maximum absolute atomic E-state index is 13.4. The molecule has 0 atom stereocenters. The van der Waals surface area contributed by atoms with Crippen LogP contribution >= 0.6 is 11.6 Å². The van der Waals surface area contributed by atoms with E-state index in [1.165, 1.54) is 12.1 Å². The van der Waals surface area contributed by atoms with Crippen LogP contribution in [0.15, 0.2) is 18.2 Å². The van der Waals surface area contributed by atoms with Gasteiger partial charge < -0.3 is 10.4 Å².